The molecule has 1 saturated heterocycles. The molecular formula is C22H25ClO12. The molecule has 0 spiro atoms. The molecule has 0 amide bonds. The average Bonchev–Trinajstić information content (AvgIpc) is 2.74. The lowest BCUT2D eigenvalue weighted by Gasteiger charge is -2.50. The van der Waals surface area contributed by atoms with E-state index in [1.165, 1.54) is 19.2 Å². The van der Waals surface area contributed by atoms with Gasteiger partial charge < -0.3 is 33.5 Å². The van der Waals surface area contributed by atoms with E-state index in [-0.39, 0.29) is 16.1 Å². The maximum atomic E-state index is 12.1. The maximum Gasteiger partial charge on any atom is 0.337 e. The van der Waals surface area contributed by atoms with E-state index in [1.54, 1.807) is 0 Å². The summed E-state index contributed by atoms with van der Waals surface area (Å²) in [6.45, 7) is 3.89. The fourth-order valence-electron chi connectivity index (χ4n) is 3.69. The summed E-state index contributed by atoms with van der Waals surface area (Å²) in [4.78, 5) is 59.1. The van der Waals surface area contributed by atoms with Crippen LogP contribution in [-0.4, -0.2) is 73.1 Å². The van der Waals surface area contributed by atoms with E-state index in [2.05, 4.69) is 0 Å². The van der Waals surface area contributed by atoms with Gasteiger partial charge in [-0.2, -0.15) is 0 Å². The highest BCUT2D eigenvalue weighted by molar-refractivity contribution is 6.33. The van der Waals surface area contributed by atoms with Gasteiger partial charge in [0.05, 0.1) is 10.6 Å². The molecule has 1 aromatic carbocycles. The van der Waals surface area contributed by atoms with Gasteiger partial charge in [-0.15, -0.1) is 0 Å². The van der Waals surface area contributed by atoms with Crippen molar-refractivity contribution in [3.05, 3.63) is 34.3 Å². The third-order valence-electron chi connectivity index (χ3n) is 4.94. The fraction of sp³-hybridized carbons (Fsp3) is 0.500. The Labute approximate surface area is 205 Å². The van der Waals surface area contributed by atoms with Crippen molar-refractivity contribution in [2.24, 2.45) is 0 Å². The van der Waals surface area contributed by atoms with Crippen LogP contribution in [0.5, 0.6) is 0 Å². The van der Waals surface area contributed by atoms with E-state index in [0.29, 0.717) is 0 Å². The average molecular weight is 517 g/mol. The van der Waals surface area contributed by atoms with E-state index in [1.807, 2.05) is 0 Å². The van der Waals surface area contributed by atoms with Crippen LogP contribution in [0.1, 0.15) is 43.6 Å². The smallest absolute Gasteiger partial charge is 0.337 e. The maximum absolute atomic E-state index is 12.1. The molecule has 1 unspecified atom stereocenters. The molecule has 35 heavy (non-hydrogen) atoms. The van der Waals surface area contributed by atoms with Crippen LogP contribution in [0.2, 0.25) is 5.02 Å². The molecule has 13 heteroatoms. The van der Waals surface area contributed by atoms with Crippen molar-refractivity contribution in [2.45, 2.75) is 57.9 Å². The van der Waals surface area contributed by atoms with Gasteiger partial charge in [-0.1, -0.05) is 17.7 Å². The number of hydrogen-bond acceptors (Lipinski definition) is 11. The molecule has 5 atom stereocenters. The summed E-state index contributed by atoms with van der Waals surface area (Å²) in [6, 6.07) is 3.74. The van der Waals surface area contributed by atoms with Gasteiger partial charge in [-0.05, 0) is 12.1 Å². The molecule has 12 nitrogen and oxygen atoms in total. The zero-order chi connectivity index (χ0) is 26.5. The van der Waals surface area contributed by atoms with Gasteiger partial charge in [0.2, 0.25) is 11.9 Å². The first-order valence-corrected chi connectivity index (χ1v) is 10.6. The van der Waals surface area contributed by atoms with Crippen LogP contribution in [0.15, 0.2) is 18.2 Å². The monoisotopic (exact) mass is 516 g/mol. The normalized spacial score (nSPS) is 25.8. The molecule has 0 bridgehead atoms. The van der Waals surface area contributed by atoms with E-state index in [4.69, 9.17) is 40.0 Å². The molecule has 0 aromatic heterocycles. The Bertz CT molecular complexity index is 1010. The number of aromatic carboxylic acids is 1. The highest BCUT2D eigenvalue weighted by Crippen LogP contribution is 2.44. The minimum Gasteiger partial charge on any atom is -0.478 e. The highest BCUT2D eigenvalue weighted by Gasteiger charge is 2.61. The van der Waals surface area contributed by atoms with Gasteiger partial charge in [0.15, 0.2) is 12.2 Å². The number of carbonyl (C=O) groups excluding carboxylic acids is 4. The lowest BCUT2D eigenvalue weighted by atomic mass is 9.86. The predicted molar refractivity (Wildman–Crippen MR) is 115 cm³/mol. The van der Waals surface area contributed by atoms with Gasteiger partial charge in [-0.25, -0.2) is 4.79 Å². The van der Waals surface area contributed by atoms with Crippen LogP contribution in [0.25, 0.3) is 0 Å². The van der Waals surface area contributed by atoms with Crippen molar-refractivity contribution >= 4 is 41.4 Å². The quantitative estimate of drug-likeness (QED) is 0.393. The van der Waals surface area contributed by atoms with Crippen molar-refractivity contribution < 1.29 is 57.5 Å². The summed E-state index contributed by atoms with van der Waals surface area (Å²) in [7, 11) is 1.17. The van der Waals surface area contributed by atoms with E-state index >= 15 is 0 Å². The molecule has 1 N–H and O–H groups in total. The summed E-state index contributed by atoms with van der Waals surface area (Å²) in [5.74, 6) is -6.64. The van der Waals surface area contributed by atoms with Crippen LogP contribution in [0.4, 0.5) is 0 Å². The lowest BCUT2D eigenvalue weighted by Crippen LogP contribution is -2.67. The number of halogens is 1. The zero-order valence-electron chi connectivity index (χ0n) is 19.6. The number of benzene rings is 1. The topological polar surface area (TPSA) is 161 Å². The number of hydrogen-bond donors (Lipinski definition) is 1. The molecule has 192 valence electrons. The van der Waals surface area contributed by atoms with Crippen LogP contribution >= 0.6 is 11.6 Å². The van der Waals surface area contributed by atoms with Gasteiger partial charge in [0.25, 0.3) is 0 Å². The van der Waals surface area contributed by atoms with E-state index < -0.39 is 66.7 Å². The highest BCUT2D eigenvalue weighted by atomic mass is 35.5. The number of rotatable bonds is 8. The SMILES string of the molecule is COC1(c2ccc(Cl)c(C(=O)O)c2)O[C@H](COC(C)=O)[C@@H](OC(C)=O)[C@H](OC(C)=O)[C@H]1OC(C)=O. The molecule has 1 heterocycles. The van der Waals surface area contributed by atoms with E-state index in [9.17, 15) is 29.1 Å². The van der Waals surface area contributed by atoms with Gasteiger partial charge in [0, 0.05) is 40.4 Å². The second-order valence-corrected chi connectivity index (χ2v) is 7.92. The molecule has 0 saturated carbocycles. The second kappa shape index (κ2) is 11.5. The van der Waals surface area contributed by atoms with Gasteiger partial charge >= 0.3 is 29.8 Å². The van der Waals surface area contributed by atoms with Crippen molar-refractivity contribution in [3.63, 3.8) is 0 Å². The molecule has 0 aliphatic carbocycles. The first-order valence-electron chi connectivity index (χ1n) is 10.2. The van der Waals surface area contributed by atoms with Crippen LogP contribution < -0.4 is 0 Å². The third-order valence-corrected chi connectivity index (χ3v) is 5.27. The molecule has 0 radical (unpaired) electrons. The molecule has 1 fully saturated rings. The molecular weight excluding hydrogens is 492 g/mol. The van der Waals surface area contributed by atoms with Crippen LogP contribution in [-0.2, 0) is 53.4 Å². The molecule has 1 aliphatic rings. The Morgan fingerprint density at radius 1 is 0.943 bits per heavy atom. The Balaban J connectivity index is 2.79. The number of carboxylic acids is 1. The summed E-state index contributed by atoms with van der Waals surface area (Å²) < 4.78 is 32.9. The predicted octanol–water partition coefficient (Wildman–Crippen LogP) is 1.59. The first-order chi connectivity index (χ1) is 16.3. The number of esters is 4. The third kappa shape index (κ3) is 6.47. The summed E-state index contributed by atoms with van der Waals surface area (Å²) >= 11 is 6.00. The number of carboxylic acid groups (broad SMARTS) is 1. The minimum absolute atomic E-state index is 0.0132. The van der Waals surface area contributed by atoms with E-state index in [0.717, 1.165) is 33.8 Å². The summed E-state index contributed by atoms with van der Waals surface area (Å²) in [6.07, 6.45) is -5.83. The Morgan fingerprint density at radius 3 is 2.00 bits per heavy atom. The van der Waals surface area contributed by atoms with Crippen LogP contribution in [0, 0.1) is 0 Å². The standard InChI is InChI=1S/C22H25ClO12/c1-10(24)31-9-17-18(32-11(2)25)19(33-12(3)26)20(34-13(4)27)22(30-5,35-17)14-6-7-16(23)15(8-14)21(28)29/h6-8,17-20H,9H2,1-5H3,(H,28,29)/t17-,18-,19+,20-,22?/m1/s1. The Hall–Kier alpha value is -3.22. The summed E-state index contributed by atoms with van der Waals surface area (Å²) in [5, 5.41) is 9.43. The molecule has 1 aliphatic heterocycles. The minimum atomic E-state index is -2.11. The zero-order valence-corrected chi connectivity index (χ0v) is 20.3. The molecule has 1 aromatic rings. The van der Waals surface area contributed by atoms with Crippen molar-refractivity contribution in [3.8, 4) is 0 Å². The fourth-order valence-corrected chi connectivity index (χ4v) is 3.88. The summed E-state index contributed by atoms with van der Waals surface area (Å²) in [5.41, 5.74) is -0.312. The second-order valence-electron chi connectivity index (χ2n) is 7.51. The number of carbonyl (C=O) groups is 5. The Morgan fingerprint density at radius 2 is 1.51 bits per heavy atom. The van der Waals surface area contributed by atoms with Crippen molar-refractivity contribution in [1.29, 1.82) is 0 Å². The lowest BCUT2D eigenvalue weighted by molar-refractivity contribution is -0.367. The Kier molecular flexibility index (Phi) is 9.18. The molecule has 2 rings (SSSR count). The number of ether oxygens (including phenoxy) is 6. The largest absolute Gasteiger partial charge is 0.478 e. The first kappa shape index (κ1) is 28.0. The van der Waals surface area contributed by atoms with Crippen LogP contribution in [0.3, 0.4) is 0 Å². The van der Waals surface area contributed by atoms with Crippen molar-refractivity contribution in [1.82, 2.24) is 0 Å². The van der Waals surface area contributed by atoms with Gasteiger partial charge in [0.1, 0.15) is 12.7 Å². The van der Waals surface area contributed by atoms with Crippen molar-refractivity contribution in [2.75, 3.05) is 13.7 Å². The van der Waals surface area contributed by atoms with Gasteiger partial charge in [-0.3, -0.25) is 19.2 Å². The number of methoxy groups -OCH3 is 1.